The maximum absolute atomic E-state index is 13.4. The van der Waals surface area contributed by atoms with Gasteiger partial charge in [0.1, 0.15) is 12.2 Å². The molecule has 5 aliphatic rings. The minimum absolute atomic E-state index is 0.0306. The lowest BCUT2D eigenvalue weighted by Gasteiger charge is -2.63. The fourth-order valence-electron chi connectivity index (χ4n) is 10.1. The zero-order valence-corrected chi connectivity index (χ0v) is 24.5. The molecule has 3 saturated carbocycles. The van der Waals surface area contributed by atoms with Crippen molar-refractivity contribution >= 4 is 17.5 Å². The number of aliphatic carboxylic acids is 1. The predicted octanol–water partition coefficient (Wildman–Crippen LogP) is 6.28. The van der Waals surface area contributed by atoms with Crippen LogP contribution in [0.4, 0.5) is 0 Å². The van der Waals surface area contributed by atoms with E-state index >= 15 is 0 Å². The number of rotatable bonds is 4. The van der Waals surface area contributed by atoms with Crippen LogP contribution in [0.15, 0.2) is 11.6 Å². The van der Waals surface area contributed by atoms with E-state index in [1.165, 1.54) is 0 Å². The van der Waals surface area contributed by atoms with Crippen LogP contribution in [0.5, 0.6) is 0 Å². The van der Waals surface area contributed by atoms with E-state index in [-0.39, 0.29) is 34.2 Å². The van der Waals surface area contributed by atoms with E-state index in [0.717, 1.165) is 31.3 Å². The van der Waals surface area contributed by atoms with Crippen molar-refractivity contribution in [3.63, 3.8) is 0 Å². The normalized spacial score (nSPS) is 48.6. The third kappa shape index (κ3) is 3.23. The summed E-state index contributed by atoms with van der Waals surface area (Å²) in [5, 5.41) is 20.6. The Labute approximate surface area is 227 Å². The number of carbonyl (C=O) groups is 3. The van der Waals surface area contributed by atoms with Gasteiger partial charge in [0.2, 0.25) is 5.60 Å². The summed E-state index contributed by atoms with van der Waals surface area (Å²) in [6.07, 6.45) is 6.93. The van der Waals surface area contributed by atoms with E-state index in [1.54, 1.807) is 0 Å². The predicted molar refractivity (Wildman–Crippen MR) is 143 cm³/mol. The van der Waals surface area contributed by atoms with Crippen molar-refractivity contribution in [2.75, 3.05) is 0 Å². The summed E-state index contributed by atoms with van der Waals surface area (Å²) in [6, 6.07) is 2.21. The molecule has 0 aromatic heterocycles. The van der Waals surface area contributed by atoms with Crippen LogP contribution in [0.1, 0.15) is 107 Å². The molecule has 208 valence electrons. The average molecular weight is 524 g/mol. The third-order valence-corrected chi connectivity index (χ3v) is 12.8. The van der Waals surface area contributed by atoms with Gasteiger partial charge >= 0.3 is 5.97 Å². The van der Waals surface area contributed by atoms with Crippen LogP contribution in [0.25, 0.3) is 0 Å². The second-order valence-electron chi connectivity index (χ2n) is 15.6. The number of fused-ring (bicyclic) bond motifs is 5. The Morgan fingerprint density at radius 3 is 2.32 bits per heavy atom. The van der Waals surface area contributed by atoms with Gasteiger partial charge in [0.05, 0.1) is 5.41 Å². The summed E-state index contributed by atoms with van der Waals surface area (Å²) in [5.41, 5.74) is -3.18. The molecule has 0 aromatic carbocycles. The highest BCUT2D eigenvalue weighted by Crippen LogP contribution is 2.74. The van der Waals surface area contributed by atoms with Crippen molar-refractivity contribution in [1.29, 1.82) is 5.26 Å². The van der Waals surface area contributed by atoms with Gasteiger partial charge in [0, 0.05) is 17.3 Å². The Balaban J connectivity index is 1.53. The number of carboxylic acids is 1. The molecule has 1 aliphatic heterocycles. The average Bonchev–Trinajstić information content (AvgIpc) is 3.56. The lowest BCUT2D eigenvalue weighted by molar-refractivity contribution is -0.159. The highest BCUT2D eigenvalue weighted by Gasteiger charge is 2.81. The molecule has 5 rings (SSSR count). The standard InChI is InChI=1S/C32H45NO5/c1-19-16-26(2,3)11-13-31(19,25(36)37)14-12-28(6)17-20(34)15-22-29(28,7)10-9-21-27(4,5)23(35)32(18-33)24(38-32)30(21,22)8/h15,19,21,24H,9-14,16-17H2,1-8H3,(H,36,37)/t19?,21-,24+,28+,29+,30-,31-,32-/m0/s1. The summed E-state index contributed by atoms with van der Waals surface area (Å²) in [4.78, 5) is 39.7. The van der Waals surface area contributed by atoms with Crippen LogP contribution in [-0.4, -0.2) is 34.3 Å². The number of hydrogen-bond acceptors (Lipinski definition) is 5. The largest absolute Gasteiger partial charge is 0.481 e. The number of allylic oxidation sites excluding steroid dienone is 1. The lowest BCUT2D eigenvalue weighted by atomic mass is 9.38. The molecule has 4 fully saturated rings. The van der Waals surface area contributed by atoms with Gasteiger partial charge in [-0.15, -0.1) is 0 Å². The monoisotopic (exact) mass is 523 g/mol. The molecule has 0 spiro atoms. The number of carboxylic acid groups (broad SMARTS) is 1. The number of hydrogen-bond donors (Lipinski definition) is 1. The first kappa shape index (κ1) is 27.6. The van der Waals surface area contributed by atoms with E-state index in [4.69, 9.17) is 4.74 Å². The molecule has 4 aliphatic carbocycles. The van der Waals surface area contributed by atoms with E-state index < -0.39 is 39.3 Å². The fourth-order valence-corrected chi connectivity index (χ4v) is 10.1. The SMILES string of the molecule is CC1CC(C)(C)CC[C@@]1(CC[C@]1(C)CC(=O)C=C2[C@@]3(C)[C@H]4O[C@@]4(C#N)C(=O)C(C)(C)[C@@H]3CC[C@]21C)C(=O)O. The molecular formula is C32H45NO5. The van der Waals surface area contributed by atoms with E-state index in [0.29, 0.717) is 25.7 Å². The first-order valence-corrected chi connectivity index (χ1v) is 14.5. The van der Waals surface area contributed by atoms with Crippen LogP contribution in [0, 0.1) is 55.7 Å². The van der Waals surface area contributed by atoms with Gasteiger partial charge in [-0.1, -0.05) is 61.0 Å². The number of ether oxygens (including phenoxy) is 1. The van der Waals surface area contributed by atoms with Crippen LogP contribution >= 0.6 is 0 Å². The lowest BCUT2D eigenvalue weighted by Crippen LogP contribution is -2.63. The first-order valence-electron chi connectivity index (χ1n) is 14.5. The van der Waals surface area contributed by atoms with Gasteiger partial charge in [-0.25, -0.2) is 0 Å². The van der Waals surface area contributed by atoms with Gasteiger partial charge in [-0.3, -0.25) is 14.4 Å². The highest BCUT2D eigenvalue weighted by atomic mass is 16.6. The van der Waals surface area contributed by atoms with Gasteiger partial charge in [0.15, 0.2) is 11.6 Å². The van der Waals surface area contributed by atoms with Crippen molar-refractivity contribution in [1.82, 2.24) is 0 Å². The molecule has 6 heteroatoms. The molecule has 38 heavy (non-hydrogen) atoms. The molecule has 1 saturated heterocycles. The number of Topliss-reactive ketones (excluding diaryl/α,β-unsaturated/α-hetero) is 1. The number of ketones is 2. The van der Waals surface area contributed by atoms with Crippen LogP contribution in [0.2, 0.25) is 0 Å². The van der Waals surface area contributed by atoms with Crippen LogP contribution < -0.4 is 0 Å². The van der Waals surface area contributed by atoms with Gasteiger partial charge in [0.25, 0.3) is 0 Å². The Bertz CT molecular complexity index is 1190. The molecule has 6 nitrogen and oxygen atoms in total. The Hall–Kier alpha value is -2.00. The van der Waals surface area contributed by atoms with E-state index in [2.05, 4.69) is 47.6 Å². The van der Waals surface area contributed by atoms with Gasteiger partial charge < -0.3 is 9.84 Å². The number of nitrogens with zero attached hydrogens (tertiary/aromatic N) is 1. The minimum atomic E-state index is -1.43. The second kappa shape index (κ2) is 7.80. The molecule has 8 atom stereocenters. The molecule has 0 aromatic rings. The van der Waals surface area contributed by atoms with E-state index in [9.17, 15) is 24.8 Å². The van der Waals surface area contributed by atoms with Crippen molar-refractivity contribution in [3.8, 4) is 6.07 Å². The summed E-state index contributed by atoms with van der Waals surface area (Å²) in [5.74, 6) is -0.755. The molecule has 0 bridgehead atoms. The van der Waals surface area contributed by atoms with Crippen LogP contribution in [-0.2, 0) is 19.1 Å². The van der Waals surface area contributed by atoms with E-state index in [1.807, 2.05) is 19.9 Å². The van der Waals surface area contributed by atoms with Crippen molar-refractivity contribution in [2.45, 2.75) is 118 Å². The molecular weight excluding hydrogens is 478 g/mol. The van der Waals surface area contributed by atoms with Gasteiger partial charge in [-0.2, -0.15) is 5.26 Å². The molecule has 1 heterocycles. The summed E-state index contributed by atoms with van der Waals surface area (Å²) in [6.45, 7) is 17.0. The number of nitriles is 1. The highest BCUT2D eigenvalue weighted by molar-refractivity contribution is 6.00. The quantitative estimate of drug-likeness (QED) is 0.434. The van der Waals surface area contributed by atoms with Crippen LogP contribution in [0.3, 0.4) is 0 Å². The number of epoxide rings is 1. The molecule has 1 N–H and O–H groups in total. The third-order valence-electron chi connectivity index (χ3n) is 12.8. The summed E-state index contributed by atoms with van der Waals surface area (Å²) < 4.78 is 6.03. The number of carbonyl (C=O) groups excluding carboxylic acids is 2. The summed E-state index contributed by atoms with van der Waals surface area (Å²) in [7, 11) is 0. The zero-order chi connectivity index (χ0) is 28.3. The Kier molecular flexibility index (Phi) is 5.66. The maximum Gasteiger partial charge on any atom is 0.309 e. The minimum Gasteiger partial charge on any atom is -0.481 e. The van der Waals surface area contributed by atoms with Crippen molar-refractivity contribution < 1.29 is 24.2 Å². The van der Waals surface area contributed by atoms with Crippen molar-refractivity contribution in [3.05, 3.63) is 11.6 Å². The second-order valence-corrected chi connectivity index (χ2v) is 15.6. The fraction of sp³-hybridized carbons (Fsp3) is 0.812. The van der Waals surface area contributed by atoms with Gasteiger partial charge in [-0.05, 0) is 79.1 Å². The van der Waals surface area contributed by atoms with Crippen molar-refractivity contribution in [2.24, 2.45) is 44.3 Å². The maximum atomic E-state index is 13.4. The Morgan fingerprint density at radius 1 is 1.08 bits per heavy atom. The molecule has 0 amide bonds. The topological polar surface area (TPSA) is 108 Å². The molecule has 0 radical (unpaired) electrons. The molecule has 1 unspecified atom stereocenters. The Morgan fingerprint density at radius 2 is 1.74 bits per heavy atom. The smallest absolute Gasteiger partial charge is 0.309 e. The zero-order valence-electron chi connectivity index (χ0n) is 24.5. The first-order chi connectivity index (χ1) is 17.4. The summed E-state index contributed by atoms with van der Waals surface area (Å²) >= 11 is 0.